The summed E-state index contributed by atoms with van der Waals surface area (Å²) in [6, 6.07) is 11.6. The zero-order chi connectivity index (χ0) is 32.5. The molecule has 1 aliphatic heterocycles. The summed E-state index contributed by atoms with van der Waals surface area (Å²) in [5.74, 6) is -1.45. The molecule has 0 bridgehead atoms. The zero-order valence-corrected chi connectivity index (χ0v) is 25.3. The average Bonchev–Trinajstić information content (AvgIpc) is 3.37. The maximum atomic E-state index is 15.0. The number of hydrogen-bond donors (Lipinski definition) is 1. The van der Waals surface area contributed by atoms with Crippen LogP contribution in [0.2, 0.25) is 0 Å². The van der Waals surface area contributed by atoms with Gasteiger partial charge in [0.05, 0.1) is 10.9 Å². The summed E-state index contributed by atoms with van der Waals surface area (Å²) < 4.78 is 124. The number of likely N-dealkylation sites (tertiary alicyclic amines) is 1. The van der Waals surface area contributed by atoms with Crippen molar-refractivity contribution in [3.8, 4) is 0 Å². The second-order valence-electron chi connectivity index (χ2n) is 10.6. The van der Waals surface area contributed by atoms with E-state index in [1.165, 1.54) is 53.4 Å². The highest BCUT2D eigenvalue weighted by Gasteiger charge is 2.73. The normalized spacial score (nSPS) is 20.6. The number of nitrogens with two attached hydrogens (primary N) is 1. The second kappa shape index (κ2) is 10.7. The number of alkyl halides is 7. The smallest absolute Gasteiger partial charge is 0.366 e. The molecule has 6 nitrogen and oxygen atoms in total. The van der Waals surface area contributed by atoms with Crippen molar-refractivity contribution in [3.63, 3.8) is 0 Å². The van der Waals surface area contributed by atoms with E-state index in [-0.39, 0.29) is 53.0 Å². The van der Waals surface area contributed by atoms with Gasteiger partial charge in [0.1, 0.15) is 4.75 Å². The molecule has 234 valence electrons. The molecule has 0 saturated carbocycles. The lowest BCUT2D eigenvalue weighted by molar-refractivity contribution is -0.348. The van der Waals surface area contributed by atoms with Crippen molar-refractivity contribution in [2.45, 2.75) is 53.0 Å². The minimum Gasteiger partial charge on any atom is -0.366 e. The molecule has 0 spiro atoms. The number of rotatable bonds is 5. The number of carbonyl (C=O) groups is 2. The van der Waals surface area contributed by atoms with E-state index in [4.69, 9.17) is 5.73 Å². The minimum atomic E-state index is -6.35. The highest BCUT2D eigenvalue weighted by Crippen LogP contribution is 2.56. The quantitative estimate of drug-likeness (QED) is 0.248. The van der Waals surface area contributed by atoms with Crippen LogP contribution in [0.15, 0.2) is 71.6 Å². The number of aryl methyl sites for hydroxylation is 1. The molecule has 0 radical (unpaired) electrons. The maximum absolute atomic E-state index is 15.0. The second-order valence-corrected chi connectivity index (χ2v) is 14.1. The highest BCUT2D eigenvalue weighted by molar-refractivity contribution is 14.1. The lowest BCUT2D eigenvalue weighted by Crippen LogP contribution is -2.53. The molecule has 1 aliphatic carbocycles. The number of benzene rings is 3. The number of sulfone groups is 1. The van der Waals surface area contributed by atoms with Gasteiger partial charge >= 0.3 is 18.0 Å². The molecule has 3 aromatic carbocycles. The number of carbonyl (C=O) groups excluding carboxylic acids is 2. The summed E-state index contributed by atoms with van der Waals surface area (Å²) in [7, 11) is -4.48. The average molecular weight is 754 g/mol. The Hall–Kier alpha value is -3.21. The van der Waals surface area contributed by atoms with Crippen molar-refractivity contribution in [2.24, 2.45) is 5.73 Å². The lowest BCUT2D eigenvalue weighted by Gasteiger charge is -2.43. The Kier molecular flexibility index (Phi) is 7.83. The molecule has 15 heteroatoms. The van der Waals surface area contributed by atoms with Gasteiger partial charge < -0.3 is 10.6 Å². The Bertz CT molecular complexity index is 1750. The molecule has 2 amide bonds. The molecule has 0 unspecified atom stereocenters. The van der Waals surface area contributed by atoms with Crippen molar-refractivity contribution >= 4 is 44.2 Å². The van der Waals surface area contributed by atoms with Gasteiger partial charge in [-0.05, 0) is 95.4 Å². The fourth-order valence-electron chi connectivity index (χ4n) is 6.27. The van der Waals surface area contributed by atoms with Crippen LogP contribution in [0.1, 0.15) is 50.2 Å². The Labute approximate surface area is 260 Å². The fraction of sp³-hybridized carbons (Fsp3) is 0.310. The molecule has 1 fully saturated rings. The van der Waals surface area contributed by atoms with Crippen LogP contribution in [0.5, 0.6) is 0 Å². The van der Waals surface area contributed by atoms with E-state index in [0.29, 0.717) is 15.7 Å². The molecule has 2 atom stereocenters. The Morgan fingerprint density at radius 3 is 2.09 bits per heavy atom. The summed E-state index contributed by atoms with van der Waals surface area (Å²) in [6.45, 7) is -0.146. The maximum Gasteiger partial charge on any atom is 0.435 e. The van der Waals surface area contributed by atoms with Crippen molar-refractivity contribution in [2.75, 3.05) is 6.54 Å². The standard InChI is InChI=1S/C29H22F7IN2O4S/c30-27(28(31,32)33,29(34,35)36)19-5-10-22-16(15-19)4-11-23-26(22,44(42,43)21-8-6-20(37)7-9-21)12-13-39(23)25(41)18-3-1-2-17(14-18)24(38)40/h1-3,5-10,14-15,23H,4,11-13H2,(H2,38,40)/t23-,26-/m1/s1. The van der Waals surface area contributed by atoms with Crippen molar-refractivity contribution < 1.29 is 48.7 Å². The molecular formula is C29H22F7IN2O4S. The van der Waals surface area contributed by atoms with Gasteiger partial charge in [0.2, 0.25) is 5.91 Å². The Balaban J connectivity index is 1.70. The van der Waals surface area contributed by atoms with Gasteiger partial charge in [-0.25, -0.2) is 12.8 Å². The summed E-state index contributed by atoms with van der Waals surface area (Å²) in [4.78, 5) is 26.5. The van der Waals surface area contributed by atoms with Crippen molar-refractivity contribution in [1.29, 1.82) is 0 Å². The van der Waals surface area contributed by atoms with Gasteiger partial charge in [0, 0.05) is 26.8 Å². The van der Waals surface area contributed by atoms with Crippen LogP contribution in [0, 0.1) is 3.57 Å². The molecule has 1 heterocycles. The van der Waals surface area contributed by atoms with Crippen LogP contribution in [0.3, 0.4) is 0 Å². The van der Waals surface area contributed by atoms with E-state index in [1.807, 2.05) is 22.6 Å². The van der Waals surface area contributed by atoms with Gasteiger partial charge in [0.15, 0.2) is 9.84 Å². The van der Waals surface area contributed by atoms with Gasteiger partial charge in [-0.2, -0.15) is 26.3 Å². The number of halogens is 8. The number of primary amides is 1. The van der Waals surface area contributed by atoms with Crippen LogP contribution >= 0.6 is 22.6 Å². The van der Waals surface area contributed by atoms with Gasteiger partial charge in [-0.15, -0.1) is 0 Å². The molecule has 1 saturated heterocycles. The molecule has 2 aliphatic rings. The van der Waals surface area contributed by atoms with E-state index in [9.17, 15) is 48.7 Å². The minimum absolute atomic E-state index is 0.0263. The summed E-state index contributed by atoms with van der Waals surface area (Å²) in [5, 5.41) is 0. The zero-order valence-electron chi connectivity index (χ0n) is 22.3. The number of nitrogens with zero attached hydrogens (tertiary/aromatic N) is 1. The summed E-state index contributed by atoms with van der Waals surface area (Å²) in [6.07, 6.45) is -13.4. The summed E-state index contributed by atoms with van der Waals surface area (Å²) >= 11 is 1.96. The first-order chi connectivity index (χ1) is 20.4. The van der Waals surface area contributed by atoms with E-state index < -0.39 is 56.0 Å². The van der Waals surface area contributed by atoms with Crippen LogP contribution < -0.4 is 5.73 Å². The third-order valence-corrected chi connectivity index (χ3v) is 11.6. The molecule has 2 N–H and O–H groups in total. The monoisotopic (exact) mass is 754 g/mol. The molecule has 44 heavy (non-hydrogen) atoms. The van der Waals surface area contributed by atoms with E-state index in [1.54, 1.807) is 0 Å². The predicted molar refractivity (Wildman–Crippen MR) is 152 cm³/mol. The third kappa shape index (κ3) is 4.77. The van der Waals surface area contributed by atoms with E-state index in [0.717, 1.165) is 6.07 Å². The van der Waals surface area contributed by atoms with Crippen LogP contribution in [-0.4, -0.2) is 50.1 Å². The van der Waals surface area contributed by atoms with Crippen LogP contribution in [0.25, 0.3) is 0 Å². The third-order valence-electron chi connectivity index (χ3n) is 8.32. The first-order valence-electron chi connectivity index (χ1n) is 13.0. The molecule has 3 aromatic rings. The van der Waals surface area contributed by atoms with Gasteiger partial charge in [-0.3, -0.25) is 9.59 Å². The Morgan fingerprint density at radius 2 is 1.50 bits per heavy atom. The van der Waals surface area contributed by atoms with Crippen LogP contribution in [0.4, 0.5) is 30.7 Å². The van der Waals surface area contributed by atoms with Crippen molar-refractivity contribution in [1.82, 2.24) is 4.90 Å². The fourth-order valence-corrected chi connectivity index (χ4v) is 9.00. The molecule has 5 rings (SSSR count). The number of fused-ring (bicyclic) bond motifs is 3. The number of amides is 2. The van der Waals surface area contributed by atoms with Crippen molar-refractivity contribution in [3.05, 3.63) is 98.1 Å². The van der Waals surface area contributed by atoms with Gasteiger partial charge in [0.25, 0.3) is 5.91 Å². The highest BCUT2D eigenvalue weighted by atomic mass is 127. The summed E-state index contributed by atoms with van der Waals surface area (Å²) in [5.41, 5.74) is -2.33. The lowest BCUT2D eigenvalue weighted by atomic mass is 9.76. The largest absolute Gasteiger partial charge is 0.435 e. The van der Waals surface area contributed by atoms with Crippen LogP contribution in [-0.2, 0) is 26.7 Å². The first kappa shape index (κ1) is 32.2. The van der Waals surface area contributed by atoms with E-state index in [2.05, 4.69) is 0 Å². The predicted octanol–water partition coefficient (Wildman–Crippen LogP) is 6.21. The number of hydrogen-bond acceptors (Lipinski definition) is 4. The molecular weight excluding hydrogens is 732 g/mol. The van der Waals surface area contributed by atoms with E-state index >= 15 is 0 Å². The topological polar surface area (TPSA) is 97.5 Å². The first-order valence-corrected chi connectivity index (χ1v) is 15.6. The Morgan fingerprint density at radius 1 is 0.886 bits per heavy atom. The molecule has 0 aromatic heterocycles. The van der Waals surface area contributed by atoms with Gasteiger partial charge in [-0.1, -0.05) is 24.3 Å². The SMILES string of the molecule is NC(=O)c1cccc(C(=O)N2CC[C@@]3(S(=O)(=O)c4ccc(I)cc4)c4ccc(C(F)(C(F)(F)F)C(F)(F)F)cc4CC[C@@H]23)c1.